The van der Waals surface area contributed by atoms with Crippen molar-refractivity contribution in [1.29, 1.82) is 0 Å². The maximum atomic E-state index is 13.0. The Balaban J connectivity index is 1.48. The van der Waals surface area contributed by atoms with E-state index in [9.17, 15) is 4.79 Å². The second-order valence-corrected chi connectivity index (χ2v) is 9.64. The number of likely N-dealkylation sites (tertiary alicyclic amines) is 1. The van der Waals surface area contributed by atoms with Crippen LogP contribution in [0.4, 0.5) is 5.69 Å². The molecule has 1 saturated carbocycles. The fourth-order valence-corrected chi connectivity index (χ4v) is 5.09. The van der Waals surface area contributed by atoms with Crippen LogP contribution < -0.4 is 10.1 Å². The van der Waals surface area contributed by atoms with Crippen LogP contribution in [0.1, 0.15) is 59.8 Å². The average molecular weight is 417 g/mol. The Morgan fingerprint density at radius 3 is 2.30 bits per heavy atom. The molecule has 1 amide bonds. The molecule has 30 heavy (non-hydrogen) atoms. The third-order valence-corrected chi connectivity index (χ3v) is 6.65. The Morgan fingerprint density at radius 1 is 1.07 bits per heavy atom. The van der Waals surface area contributed by atoms with Crippen LogP contribution in [0.2, 0.25) is 0 Å². The van der Waals surface area contributed by atoms with Crippen LogP contribution in [0.5, 0.6) is 5.75 Å². The molecule has 3 rings (SSSR count). The van der Waals surface area contributed by atoms with Crippen LogP contribution in [0.15, 0.2) is 24.3 Å². The number of anilines is 1. The molecule has 0 aromatic heterocycles. The Labute approximate surface area is 182 Å². The predicted molar refractivity (Wildman–Crippen MR) is 122 cm³/mol. The van der Waals surface area contributed by atoms with Crippen LogP contribution >= 0.6 is 0 Å². The van der Waals surface area contributed by atoms with Crippen molar-refractivity contribution in [2.45, 2.75) is 65.4 Å². The molecule has 0 spiro atoms. The van der Waals surface area contributed by atoms with Gasteiger partial charge in [0.15, 0.2) is 0 Å². The lowest BCUT2D eigenvalue weighted by atomic mass is 9.78. The lowest BCUT2D eigenvalue weighted by molar-refractivity contribution is -0.146. The first-order valence-corrected chi connectivity index (χ1v) is 11.8. The number of hydrogen-bond donors (Lipinski definition) is 1. The van der Waals surface area contributed by atoms with Gasteiger partial charge in [-0.05, 0) is 81.0 Å². The number of benzene rings is 1. The number of piperidine rings is 1. The Morgan fingerprint density at radius 2 is 1.70 bits per heavy atom. The molecule has 1 N–H and O–H groups in total. The van der Waals surface area contributed by atoms with Crippen LogP contribution in [0, 0.1) is 17.8 Å². The summed E-state index contributed by atoms with van der Waals surface area (Å²) in [5.74, 6) is 3.03. The van der Waals surface area contributed by atoms with E-state index in [1.807, 2.05) is 31.2 Å². The zero-order chi connectivity index (χ0) is 21.6. The van der Waals surface area contributed by atoms with E-state index in [-0.39, 0.29) is 5.91 Å². The standard InChI is InChI=1S/C25H40N2O3/c1-5-30-25(12-10-19(2)11-13-25)24(28)26-22-6-8-23(9-7-22)29-15-14-27-17-20(3)16-21(4)18-27/h6-9,19-21H,5,10-18H2,1-4H3,(H,26,28). The van der Waals surface area contributed by atoms with E-state index in [1.54, 1.807) is 0 Å². The maximum absolute atomic E-state index is 13.0. The van der Waals surface area contributed by atoms with E-state index in [2.05, 4.69) is 31.0 Å². The third kappa shape index (κ3) is 6.21. The molecular formula is C25H40N2O3. The van der Waals surface area contributed by atoms with Crippen molar-refractivity contribution >= 4 is 11.6 Å². The molecule has 1 heterocycles. The van der Waals surface area contributed by atoms with Crippen molar-refractivity contribution in [1.82, 2.24) is 4.90 Å². The average Bonchev–Trinajstić information content (AvgIpc) is 2.70. The molecule has 1 aliphatic heterocycles. The molecule has 2 fully saturated rings. The Kier molecular flexibility index (Phi) is 8.18. The zero-order valence-corrected chi connectivity index (χ0v) is 19.3. The molecule has 2 atom stereocenters. The molecular weight excluding hydrogens is 376 g/mol. The smallest absolute Gasteiger partial charge is 0.256 e. The molecule has 1 aromatic carbocycles. The SMILES string of the molecule is CCOC1(C(=O)Nc2ccc(OCCN3CC(C)CC(C)C3)cc2)CCC(C)CC1. The van der Waals surface area contributed by atoms with E-state index in [4.69, 9.17) is 9.47 Å². The van der Waals surface area contributed by atoms with Crippen molar-refractivity contribution in [3.63, 3.8) is 0 Å². The van der Waals surface area contributed by atoms with Gasteiger partial charge in [0.05, 0.1) is 0 Å². The monoisotopic (exact) mass is 416 g/mol. The molecule has 5 nitrogen and oxygen atoms in total. The zero-order valence-electron chi connectivity index (χ0n) is 19.3. The molecule has 2 aliphatic rings. The summed E-state index contributed by atoms with van der Waals surface area (Å²) in [5.41, 5.74) is 0.114. The minimum Gasteiger partial charge on any atom is -0.492 e. The molecule has 168 valence electrons. The van der Waals surface area contributed by atoms with Gasteiger partial charge in [-0.1, -0.05) is 20.8 Å². The maximum Gasteiger partial charge on any atom is 0.256 e. The second kappa shape index (κ2) is 10.6. The van der Waals surface area contributed by atoms with Crippen molar-refractivity contribution in [3.8, 4) is 5.75 Å². The minimum absolute atomic E-state index is 0.0155. The Hall–Kier alpha value is -1.59. The lowest BCUT2D eigenvalue weighted by Gasteiger charge is -2.37. The first-order valence-electron chi connectivity index (χ1n) is 11.8. The molecule has 0 radical (unpaired) electrons. The van der Waals surface area contributed by atoms with Gasteiger partial charge in [-0.15, -0.1) is 0 Å². The van der Waals surface area contributed by atoms with Gasteiger partial charge in [-0.25, -0.2) is 0 Å². The fraction of sp³-hybridized carbons (Fsp3) is 0.720. The number of carbonyl (C=O) groups is 1. The van der Waals surface area contributed by atoms with Crippen molar-refractivity contribution < 1.29 is 14.3 Å². The highest BCUT2D eigenvalue weighted by atomic mass is 16.5. The molecule has 2 unspecified atom stereocenters. The minimum atomic E-state index is -0.681. The van der Waals surface area contributed by atoms with E-state index in [0.29, 0.717) is 19.1 Å². The summed E-state index contributed by atoms with van der Waals surface area (Å²) in [7, 11) is 0. The largest absolute Gasteiger partial charge is 0.492 e. The van der Waals surface area contributed by atoms with Gasteiger partial charge in [-0.2, -0.15) is 0 Å². The van der Waals surface area contributed by atoms with Gasteiger partial charge in [-0.3, -0.25) is 9.69 Å². The van der Waals surface area contributed by atoms with Crippen LogP contribution in [-0.2, 0) is 9.53 Å². The van der Waals surface area contributed by atoms with Crippen LogP contribution in [-0.4, -0.2) is 49.3 Å². The summed E-state index contributed by atoms with van der Waals surface area (Å²) >= 11 is 0. The summed E-state index contributed by atoms with van der Waals surface area (Å²) < 4.78 is 11.9. The fourth-order valence-electron chi connectivity index (χ4n) is 5.09. The highest BCUT2D eigenvalue weighted by Gasteiger charge is 2.41. The summed E-state index contributed by atoms with van der Waals surface area (Å²) in [6.45, 7) is 13.4. The highest BCUT2D eigenvalue weighted by Crippen LogP contribution is 2.36. The van der Waals surface area contributed by atoms with Gasteiger partial charge < -0.3 is 14.8 Å². The van der Waals surface area contributed by atoms with Crippen LogP contribution in [0.3, 0.4) is 0 Å². The first-order chi connectivity index (χ1) is 14.4. The number of carbonyl (C=O) groups excluding carboxylic acids is 1. The molecule has 1 aromatic rings. The van der Waals surface area contributed by atoms with Crippen molar-refractivity contribution in [3.05, 3.63) is 24.3 Å². The van der Waals surface area contributed by atoms with E-state index < -0.39 is 5.60 Å². The second-order valence-electron chi connectivity index (χ2n) is 9.64. The number of nitrogens with zero attached hydrogens (tertiary/aromatic N) is 1. The first kappa shape index (κ1) is 23.1. The summed E-state index contributed by atoms with van der Waals surface area (Å²) in [6, 6.07) is 7.72. The van der Waals surface area contributed by atoms with E-state index in [0.717, 1.165) is 55.5 Å². The number of amides is 1. The highest BCUT2D eigenvalue weighted by molar-refractivity contribution is 5.97. The summed E-state index contributed by atoms with van der Waals surface area (Å²) in [5, 5.41) is 3.07. The molecule has 1 aliphatic carbocycles. The third-order valence-electron chi connectivity index (χ3n) is 6.65. The van der Waals surface area contributed by atoms with E-state index in [1.165, 1.54) is 19.5 Å². The van der Waals surface area contributed by atoms with Gasteiger partial charge in [0.25, 0.3) is 5.91 Å². The number of rotatable bonds is 8. The van der Waals surface area contributed by atoms with E-state index >= 15 is 0 Å². The number of hydrogen-bond acceptors (Lipinski definition) is 4. The van der Waals surface area contributed by atoms with Gasteiger partial charge in [0, 0.05) is 31.9 Å². The van der Waals surface area contributed by atoms with Gasteiger partial charge in [0.2, 0.25) is 0 Å². The topological polar surface area (TPSA) is 50.8 Å². The normalized spacial score (nSPS) is 30.1. The Bertz CT molecular complexity index is 657. The quantitative estimate of drug-likeness (QED) is 0.650. The summed E-state index contributed by atoms with van der Waals surface area (Å²) in [6.07, 6.45) is 4.99. The van der Waals surface area contributed by atoms with Gasteiger partial charge >= 0.3 is 0 Å². The molecule has 0 bridgehead atoms. The lowest BCUT2D eigenvalue weighted by Crippen LogP contribution is -2.48. The van der Waals surface area contributed by atoms with Gasteiger partial charge in [0.1, 0.15) is 18.0 Å². The number of nitrogens with one attached hydrogen (secondary N) is 1. The van der Waals surface area contributed by atoms with Crippen molar-refractivity contribution in [2.24, 2.45) is 17.8 Å². The van der Waals surface area contributed by atoms with Crippen molar-refractivity contribution in [2.75, 3.05) is 38.2 Å². The molecule has 1 saturated heterocycles. The van der Waals surface area contributed by atoms with Crippen LogP contribution in [0.25, 0.3) is 0 Å². The molecule has 5 heteroatoms. The predicted octanol–water partition coefficient (Wildman–Crippen LogP) is 4.97. The summed E-state index contributed by atoms with van der Waals surface area (Å²) in [4.78, 5) is 15.5. The number of ether oxygens (including phenoxy) is 2.